The molecule has 1 unspecified atom stereocenters. The first-order valence-corrected chi connectivity index (χ1v) is 12.4. The highest BCUT2D eigenvalue weighted by Gasteiger charge is 2.33. The van der Waals surface area contributed by atoms with Crippen molar-refractivity contribution in [3.8, 4) is 9.75 Å². The second-order valence-electron chi connectivity index (χ2n) is 7.93. The van der Waals surface area contributed by atoms with Gasteiger partial charge < -0.3 is 14.6 Å². The minimum Gasteiger partial charge on any atom is -0.382 e. The number of fused-ring (bicyclic) bond motifs is 1. The number of methoxy groups -OCH3 is 1. The monoisotopic (exact) mass is 486 g/mol. The number of carbonyl (C=O) groups is 1. The summed E-state index contributed by atoms with van der Waals surface area (Å²) in [5.41, 5.74) is 2.04. The fraction of sp³-hybridized carbons (Fsp3) is 0.304. The van der Waals surface area contributed by atoms with Crippen molar-refractivity contribution in [2.45, 2.75) is 19.1 Å². The number of aromatic nitrogens is 2. The van der Waals surface area contributed by atoms with Gasteiger partial charge in [-0.2, -0.15) is 0 Å². The molecule has 0 aliphatic carbocycles. The van der Waals surface area contributed by atoms with Crippen molar-refractivity contribution >= 4 is 51.1 Å². The van der Waals surface area contributed by atoms with Gasteiger partial charge in [0.1, 0.15) is 0 Å². The molecule has 32 heavy (non-hydrogen) atoms. The molecule has 1 atom stereocenters. The molecular formula is C23H23ClN4O2S2. The number of ether oxygens (including phenoxy) is 1. The Hall–Kier alpha value is -2.23. The number of nitrogens with zero attached hydrogens (tertiary/aromatic N) is 3. The lowest BCUT2D eigenvalue weighted by Crippen LogP contribution is -2.57. The smallest absolute Gasteiger partial charge is 0.237 e. The Morgan fingerprint density at radius 2 is 2.03 bits per heavy atom. The first-order valence-electron chi connectivity index (χ1n) is 10.4. The minimum atomic E-state index is 0.00122. The molecule has 1 N–H and O–H groups in total. The Balaban J connectivity index is 1.28. The van der Waals surface area contributed by atoms with Gasteiger partial charge in [-0.25, -0.2) is 0 Å². The molecule has 0 aromatic carbocycles. The van der Waals surface area contributed by atoms with E-state index < -0.39 is 0 Å². The maximum absolute atomic E-state index is 13.1. The number of amides is 1. The summed E-state index contributed by atoms with van der Waals surface area (Å²) in [6.45, 7) is 2.98. The van der Waals surface area contributed by atoms with Crippen LogP contribution in [0.3, 0.4) is 0 Å². The number of nitrogens with one attached hydrogen (secondary N) is 1. The van der Waals surface area contributed by atoms with Gasteiger partial charge in [-0.15, -0.1) is 22.7 Å². The normalized spacial score (nSPS) is 17.5. The highest BCUT2D eigenvalue weighted by atomic mass is 35.5. The summed E-state index contributed by atoms with van der Waals surface area (Å²) in [7, 11) is 1.69. The van der Waals surface area contributed by atoms with Gasteiger partial charge in [0.05, 0.1) is 30.1 Å². The van der Waals surface area contributed by atoms with Crippen molar-refractivity contribution in [2.75, 3.05) is 26.8 Å². The third-order valence-electron chi connectivity index (χ3n) is 5.62. The topological polar surface area (TPSA) is 61.5 Å². The number of halogens is 1. The van der Waals surface area contributed by atoms with E-state index in [1.807, 2.05) is 23.2 Å². The van der Waals surface area contributed by atoms with E-state index >= 15 is 0 Å². The number of H-pyrrole nitrogens is 1. The highest BCUT2D eigenvalue weighted by molar-refractivity contribution is 7.24. The molecule has 9 heteroatoms. The molecule has 4 aromatic heterocycles. The SMILES string of the molecule is COCC1CN(Cc2ccc(-c3ccc(Cl)s3)s2)CC(=O)N1Cc1cc2cnccc2[nH]1. The van der Waals surface area contributed by atoms with Gasteiger partial charge in [-0.3, -0.25) is 14.7 Å². The lowest BCUT2D eigenvalue weighted by molar-refractivity contribution is -0.142. The third kappa shape index (κ3) is 4.60. The van der Waals surface area contributed by atoms with Crippen molar-refractivity contribution in [3.63, 3.8) is 0 Å². The second kappa shape index (κ2) is 9.33. The molecule has 4 aromatic rings. The zero-order valence-electron chi connectivity index (χ0n) is 17.6. The molecule has 0 bridgehead atoms. The number of hydrogen-bond acceptors (Lipinski definition) is 6. The lowest BCUT2D eigenvalue weighted by atomic mass is 10.1. The van der Waals surface area contributed by atoms with Crippen molar-refractivity contribution in [2.24, 2.45) is 0 Å². The number of pyridine rings is 1. The van der Waals surface area contributed by atoms with Crippen LogP contribution < -0.4 is 0 Å². The minimum absolute atomic E-state index is 0.00122. The van der Waals surface area contributed by atoms with Crippen LogP contribution in [-0.4, -0.2) is 58.5 Å². The van der Waals surface area contributed by atoms with E-state index in [4.69, 9.17) is 16.3 Å². The van der Waals surface area contributed by atoms with Gasteiger partial charge in [0.2, 0.25) is 5.91 Å². The summed E-state index contributed by atoms with van der Waals surface area (Å²) in [5.74, 6) is 0.122. The van der Waals surface area contributed by atoms with Crippen LogP contribution in [-0.2, 0) is 22.6 Å². The zero-order valence-corrected chi connectivity index (χ0v) is 20.0. The standard InChI is InChI=1S/C23H23ClN4O2S2/c1-30-14-17-11-27(12-18-2-3-20(31-18)21-4-5-22(24)32-21)13-23(29)28(17)10-16-8-15-9-25-7-6-19(15)26-16/h2-9,17,26H,10-14H2,1H3. The van der Waals surface area contributed by atoms with Crippen molar-refractivity contribution in [1.29, 1.82) is 0 Å². The van der Waals surface area contributed by atoms with Gasteiger partial charge in [0.25, 0.3) is 0 Å². The first-order chi connectivity index (χ1) is 15.6. The van der Waals surface area contributed by atoms with Crippen LogP contribution in [0.1, 0.15) is 10.6 Å². The van der Waals surface area contributed by atoms with Crippen LogP contribution in [0.5, 0.6) is 0 Å². The summed E-state index contributed by atoms with van der Waals surface area (Å²) < 4.78 is 6.27. The number of carbonyl (C=O) groups excluding carboxylic acids is 1. The first kappa shape index (κ1) is 21.6. The van der Waals surface area contributed by atoms with Gasteiger partial charge in [-0.1, -0.05) is 11.6 Å². The van der Waals surface area contributed by atoms with E-state index in [0.29, 0.717) is 19.7 Å². The van der Waals surface area contributed by atoms with E-state index in [1.165, 1.54) is 14.6 Å². The fourth-order valence-electron chi connectivity index (χ4n) is 4.18. The van der Waals surface area contributed by atoms with Crippen LogP contribution in [0.15, 0.2) is 48.8 Å². The average molecular weight is 487 g/mol. The molecule has 1 fully saturated rings. The molecule has 6 nitrogen and oxygen atoms in total. The van der Waals surface area contributed by atoms with Gasteiger partial charge in [-0.05, 0) is 36.4 Å². The molecule has 5 heterocycles. The van der Waals surface area contributed by atoms with Crippen LogP contribution in [0.2, 0.25) is 4.34 Å². The number of aromatic amines is 1. The Morgan fingerprint density at radius 3 is 2.81 bits per heavy atom. The molecule has 1 saturated heterocycles. The molecule has 0 spiro atoms. The Morgan fingerprint density at radius 1 is 1.19 bits per heavy atom. The van der Waals surface area contributed by atoms with Gasteiger partial charge >= 0.3 is 0 Å². The van der Waals surface area contributed by atoms with Crippen molar-refractivity contribution in [1.82, 2.24) is 19.8 Å². The molecule has 1 amide bonds. The van der Waals surface area contributed by atoms with Crippen LogP contribution in [0.25, 0.3) is 20.7 Å². The van der Waals surface area contributed by atoms with E-state index in [2.05, 4.69) is 39.1 Å². The van der Waals surface area contributed by atoms with Gasteiger partial charge in [0, 0.05) is 63.8 Å². The number of piperazine rings is 1. The number of hydrogen-bond donors (Lipinski definition) is 1. The van der Waals surface area contributed by atoms with Crippen LogP contribution >= 0.6 is 34.3 Å². The second-order valence-corrected chi connectivity index (χ2v) is 10.8. The van der Waals surface area contributed by atoms with Crippen LogP contribution in [0.4, 0.5) is 0 Å². The van der Waals surface area contributed by atoms with Crippen molar-refractivity contribution < 1.29 is 9.53 Å². The summed E-state index contributed by atoms with van der Waals surface area (Å²) in [4.78, 5) is 28.5. The van der Waals surface area contributed by atoms with Gasteiger partial charge in [0.15, 0.2) is 0 Å². The molecule has 1 aliphatic rings. The molecule has 5 rings (SSSR count). The van der Waals surface area contributed by atoms with Crippen LogP contribution in [0, 0.1) is 0 Å². The predicted molar refractivity (Wildman–Crippen MR) is 130 cm³/mol. The predicted octanol–water partition coefficient (Wildman–Crippen LogP) is 4.87. The molecule has 0 saturated carbocycles. The summed E-state index contributed by atoms with van der Waals surface area (Å²) >= 11 is 9.43. The maximum atomic E-state index is 13.1. The summed E-state index contributed by atoms with van der Waals surface area (Å²) in [6, 6.07) is 12.3. The average Bonchev–Trinajstić information content (AvgIpc) is 3.50. The molecular weight excluding hydrogens is 464 g/mol. The number of thiophene rings is 2. The quantitative estimate of drug-likeness (QED) is 0.405. The Labute approximate surface area is 199 Å². The van der Waals surface area contributed by atoms with E-state index in [-0.39, 0.29) is 11.9 Å². The molecule has 0 radical (unpaired) electrons. The summed E-state index contributed by atoms with van der Waals surface area (Å²) in [5, 5.41) is 1.05. The Bertz CT molecular complexity index is 1200. The fourth-order valence-corrected chi connectivity index (χ4v) is 6.37. The zero-order chi connectivity index (χ0) is 22.1. The molecule has 166 valence electrons. The van der Waals surface area contributed by atoms with E-state index in [1.54, 1.807) is 36.0 Å². The van der Waals surface area contributed by atoms with E-state index in [9.17, 15) is 4.79 Å². The highest BCUT2D eigenvalue weighted by Crippen LogP contribution is 2.36. The maximum Gasteiger partial charge on any atom is 0.237 e. The molecule has 1 aliphatic heterocycles. The Kier molecular flexibility index (Phi) is 6.30. The third-order valence-corrected chi connectivity index (χ3v) is 8.12. The largest absolute Gasteiger partial charge is 0.382 e. The van der Waals surface area contributed by atoms with E-state index in [0.717, 1.165) is 34.0 Å². The summed E-state index contributed by atoms with van der Waals surface area (Å²) in [6.07, 6.45) is 3.60. The van der Waals surface area contributed by atoms with Crippen molar-refractivity contribution in [3.05, 3.63) is 63.7 Å². The lowest BCUT2D eigenvalue weighted by Gasteiger charge is -2.40. The number of rotatable bonds is 7.